The summed E-state index contributed by atoms with van der Waals surface area (Å²) in [6.07, 6.45) is 4.30. The second-order valence-corrected chi connectivity index (χ2v) is 5.31. The molecule has 0 spiro atoms. The Morgan fingerprint density at radius 3 is 2.87 bits per heavy atom. The lowest BCUT2D eigenvalue weighted by atomic mass is 10.1. The third kappa shape index (κ3) is 2.98. The predicted molar refractivity (Wildman–Crippen MR) is 63.1 cm³/mol. The number of aryl methyl sites for hydroxylation is 1. The highest BCUT2D eigenvalue weighted by Crippen LogP contribution is 2.20. The van der Waals surface area contributed by atoms with Crippen LogP contribution in [0.5, 0.6) is 0 Å². The second kappa shape index (κ2) is 5.03. The van der Waals surface area contributed by atoms with Crippen molar-refractivity contribution in [1.82, 2.24) is 10.3 Å². The van der Waals surface area contributed by atoms with E-state index in [1.54, 1.807) is 6.20 Å². The maximum Gasteiger partial charge on any atom is 0.211 e. The molecule has 4 heteroatoms. The number of rotatable bonds is 3. The highest BCUT2D eigenvalue weighted by molar-refractivity contribution is 7.99. The highest BCUT2D eigenvalue weighted by atomic mass is 32.2. The van der Waals surface area contributed by atoms with Crippen LogP contribution in [0.3, 0.4) is 0 Å². The van der Waals surface area contributed by atoms with Gasteiger partial charge in [-0.15, -0.1) is 0 Å². The summed E-state index contributed by atoms with van der Waals surface area (Å²) in [6, 6.07) is 0.861. The molecule has 1 fully saturated rings. The van der Waals surface area contributed by atoms with Gasteiger partial charge in [-0.05, 0) is 38.2 Å². The molecule has 2 heterocycles. The van der Waals surface area contributed by atoms with Crippen molar-refractivity contribution < 1.29 is 4.42 Å². The fourth-order valence-electron chi connectivity index (χ4n) is 1.86. The zero-order valence-electron chi connectivity index (χ0n) is 9.32. The minimum atomic E-state index is 0.229. The van der Waals surface area contributed by atoms with E-state index in [2.05, 4.69) is 17.2 Å². The van der Waals surface area contributed by atoms with Gasteiger partial charge in [0.05, 0.1) is 12.2 Å². The van der Waals surface area contributed by atoms with Gasteiger partial charge in [-0.25, -0.2) is 4.98 Å². The van der Waals surface area contributed by atoms with Crippen LogP contribution in [0, 0.1) is 6.92 Å². The van der Waals surface area contributed by atoms with Crippen molar-refractivity contribution in [3.63, 3.8) is 0 Å². The van der Waals surface area contributed by atoms with E-state index in [4.69, 9.17) is 4.42 Å². The average molecular weight is 226 g/mol. The molecule has 1 aromatic heterocycles. The molecular weight excluding hydrogens is 208 g/mol. The molecule has 1 unspecified atom stereocenters. The highest BCUT2D eigenvalue weighted by Gasteiger charge is 2.18. The maximum atomic E-state index is 5.51. The Bertz CT molecular complexity index is 307. The van der Waals surface area contributed by atoms with Crippen LogP contribution < -0.4 is 5.32 Å². The number of aromatic nitrogens is 1. The van der Waals surface area contributed by atoms with Crippen molar-refractivity contribution in [2.45, 2.75) is 38.8 Å². The Labute approximate surface area is 95.0 Å². The number of thioether (sulfide) groups is 1. The summed E-state index contributed by atoms with van der Waals surface area (Å²) in [5.74, 6) is 4.24. The third-order valence-corrected chi connectivity index (χ3v) is 3.77. The van der Waals surface area contributed by atoms with E-state index in [0.29, 0.717) is 6.04 Å². The molecule has 0 amide bonds. The van der Waals surface area contributed by atoms with Crippen LogP contribution in [0.25, 0.3) is 0 Å². The summed E-state index contributed by atoms with van der Waals surface area (Å²) in [6.45, 7) is 4.05. The predicted octanol–water partition coefficient (Wildman–Crippen LogP) is 2.53. The number of nitrogens with zero attached hydrogens (tertiary/aromatic N) is 1. The van der Waals surface area contributed by atoms with Gasteiger partial charge in [-0.1, -0.05) is 0 Å². The monoisotopic (exact) mass is 226 g/mol. The fourth-order valence-corrected chi connectivity index (χ4v) is 2.97. The van der Waals surface area contributed by atoms with Gasteiger partial charge in [0.1, 0.15) is 5.76 Å². The Kier molecular flexibility index (Phi) is 3.70. The lowest BCUT2D eigenvalue weighted by Crippen LogP contribution is -2.34. The lowest BCUT2D eigenvalue weighted by molar-refractivity contribution is 0.358. The minimum absolute atomic E-state index is 0.229. The Morgan fingerprint density at radius 1 is 1.53 bits per heavy atom. The standard InChI is InChI=1S/C11H18N2OS/c1-8-7-12-11(14-8)9(2)13-10-3-5-15-6-4-10/h7,9-10,13H,3-6H2,1-2H3. The van der Waals surface area contributed by atoms with E-state index in [-0.39, 0.29) is 6.04 Å². The van der Waals surface area contributed by atoms with Crippen molar-refractivity contribution in [2.75, 3.05) is 11.5 Å². The van der Waals surface area contributed by atoms with Crippen LogP contribution in [0.15, 0.2) is 10.6 Å². The first kappa shape index (κ1) is 11.0. The second-order valence-electron chi connectivity index (χ2n) is 4.08. The summed E-state index contributed by atoms with van der Waals surface area (Å²) >= 11 is 2.05. The molecular formula is C11H18N2OS. The molecule has 0 bridgehead atoms. The average Bonchev–Trinajstić information content (AvgIpc) is 2.66. The molecule has 0 aromatic carbocycles. The maximum absolute atomic E-state index is 5.51. The quantitative estimate of drug-likeness (QED) is 0.859. The van der Waals surface area contributed by atoms with Crippen LogP contribution >= 0.6 is 11.8 Å². The first-order valence-electron chi connectivity index (χ1n) is 5.52. The molecule has 1 atom stereocenters. The molecule has 1 aromatic rings. The first-order chi connectivity index (χ1) is 7.25. The van der Waals surface area contributed by atoms with Gasteiger partial charge >= 0.3 is 0 Å². The fraction of sp³-hybridized carbons (Fsp3) is 0.727. The van der Waals surface area contributed by atoms with Crippen LogP contribution in [0.4, 0.5) is 0 Å². The summed E-state index contributed by atoms with van der Waals surface area (Å²) in [5.41, 5.74) is 0. The normalized spacial score (nSPS) is 20.4. The van der Waals surface area contributed by atoms with Gasteiger partial charge in [0, 0.05) is 6.04 Å². The Morgan fingerprint density at radius 2 is 2.27 bits per heavy atom. The minimum Gasteiger partial charge on any atom is -0.444 e. The van der Waals surface area contributed by atoms with E-state index < -0.39 is 0 Å². The van der Waals surface area contributed by atoms with E-state index in [0.717, 1.165) is 11.7 Å². The van der Waals surface area contributed by atoms with E-state index in [9.17, 15) is 0 Å². The topological polar surface area (TPSA) is 38.1 Å². The van der Waals surface area contributed by atoms with E-state index in [1.165, 1.54) is 24.3 Å². The largest absolute Gasteiger partial charge is 0.444 e. The van der Waals surface area contributed by atoms with Crippen molar-refractivity contribution in [2.24, 2.45) is 0 Å². The van der Waals surface area contributed by atoms with Crippen molar-refractivity contribution >= 4 is 11.8 Å². The van der Waals surface area contributed by atoms with Gasteiger partial charge in [0.25, 0.3) is 0 Å². The number of nitrogens with one attached hydrogen (secondary N) is 1. The Hall–Kier alpha value is -0.480. The molecule has 0 aliphatic carbocycles. The van der Waals surface area contributed by atoms with Crippen LogP contribution in [-0.2, 0) is 0 Å². The van der Waals surface area contributed by atoms with Gasteiger partial charge < -0.3 is 9.73 Å². The molecule has 0 saturated carbocycles. The van der Waals surface area contributed by atoms with Gasteiger partial charge in [-0.2, -0.15) is 11.8 Å². The molecule has 1 aliphatic heterocycles. The molecule has 1 N–H and O–H groups in total. The number of hydrogen-bond donors (Lipinski definition) is 1. The van der Waals surface area contributed by atoms with Crippen molar-refractivity contribution in [3.8, 4) is 0 Å². The van der Waals surface area contributed by atoms with Crippen LogP contribution in [0.1, 0.15) is 37.5 Å². The first-order valence-corrected chi connectivity index (χ1v) is 6.67. The molecule has 15 heavy (non-hydrogen) atoms. The van der Waals surface area contributed by atoms with Crippen LogP contribution in [-0.4, -0.2) is 22.5 Å². The van der Waals surface area contributed by atoms with E-state index >= 15 is 0 Å². The number of hydrogen-bond acceptors (Lipinski definition) is 4. The number of oxazole rings is 1. The molecule has 84 valence electrons. The zero-order chi connectivity index (χ0) is 10.7. The lowest BCUT2D eigenvalue weighted by Gasteiger charge is -2.25. The zero-order valence-corrected chi connectivity index (χ0v) is 10.1. The molecule has 1 saturated heterocycles. The van der Waals surface area contributed by atoms with Gasteiger partial charge in [-0.3, -0.25) is 0 Å². The van der Waals surface area contributed by atoms with Crippen molar-refractivity contribution in [1.29, 1.82) is 0 Å². The summed E-state index contributed by atoms with van der Waals surface area (Å²) in [4.78, 5) is 4.25. The van der Waals surface area contributed by atoms with Gasteiger partial charge in [0.15, 0.2) is 0 Å². The molecule has 3 nitrogen and oxygen atoms in total. The van der Waals surface area contributed by atoms with Crippen molar-refractivity contribution in [3.05, 3.63) is 17.8 Å². The summed E-state index contributed by atoms with van der Waals surface area (Å²) < 4.78 is 5.51. The third-order valence-electron chi connectivity index (χ3n) is 2.72. The Balaban J connectivity index is 1.88. The SMILES string of the molecule is Cc1cnc(C(C)NC2CCSCC2)o1. The molecule has 1 aliphatic rings. The van der Waals surface area contributed by atoms with Gasteiger partial charge in [0.2, 0.25) is 5.89 Å². The summed E-state index contributed by atoms with van der Waals surface area (Å²) in [7, 11) is 0. The van der Waals surface area contributed by atoms with E-state index in [1.807, 2.05) is 18.7 Å². The molecule has 0 radical (unpaired) electrons. The molecule has 2 rings (SSSR count). The smallest absolute Gasteiger partial charge is 0.211 e. The summed E-state index contributed by atoms with van der Waals surface area (Å²) in [5, 5.41) is 3.58. The van der Waals surface area contributed by atoms with Crippen LogP contribution in [0.2, 0.25) is 0 Å².